The van der Waals surface area contributed by atoms with Crippen LogP contribution in [0.4, 0.5) is 13.2 Å². The molecule has 1 aromatic carbocycles. The first-order chi connectivity index (χ1) is 16.7. The van der Waals surface area contributed by atoms with Gasteiger partial charge in [0, 0.05) is 17.1 Å². The zero-order chi connectivity index (χ0) is 27.2. The molecule has 1 aliphatic rings. The molecule has 17 heteroatoms. The van der Waals surface area contributed by atoms with Crippen LogP contribution in [0.15, 0.2) is 12.1 Å². The van der Waals surface area contributed by atoms with Gasteiger partial charge < -0.3 is 36.1 Å². The molecule has 0 unspecified atom stereocenters. The number of thioether (sulfide) groups is 1. The smallest absolute Gasteiger partial charge is 0.490 e. The highest BCUT2D eigenvalue weighted by Crippen LogP contribution is 2.33. The number of hydrogen-bond donors (Lipinski definition) is 5. The number of phenolic OH excluding ortho intramolecular Hbond substituents is 1. The number of fused-ring (bicyclic) bond motifs is 1. The van der Waals surface area contributed by atoms with Crippen molar-refractivity contribution in [2.45, 2.75) is 30.1 Å². The van der Waals surface area contributed by atoms with Crippen LogP contribution in [0.25, 0.3) is 0 Å². The van der Waals surface area contributed by atoms with Gasteiger partial charge in [-0.2, -0.15) is 24.9 Å². The molecule has 0 fully saturated rings. The monoisotopic (exact) mass is 557 g/mol. The van der Waals surface area contributed by atoms with Crippen molar-refractivity contribution in [3.63, 3.8) is 0 Å². The molecule has 198 valence electrons. The second kappa shape index (κ2) is 12.1. The van der Waals surface area contributed by atoms with Gasteiger partial charge in [-0.15, -0.1) is 0 Å². The molecule has 0 saturated carbocycles. The number of cyclic esters (lactones) is 1. The average Bonchev–Trinajstić information content (AvgIpc) is 2.79. The van der Waals surface area contributed by atoms with Gasteiger partial charge in [0.15, 0.2) is 0 Å². The van der Waals surface area contributed by atoms with Gasteiger partial charge in [0.05, 0.1) is 10.6 Å². The lowest BCUT2D eigenvalue weighted by atomic mass is 10.1. The van der Waals surface area contributed by atoms with E-state index in [9.17, 15) is 47.4 Å². The van der Waals surface area contributed by atoms with E-state index in [0.29, 0.717) is 0 Å². The fraction of sp³-hybridized carbons (Fsp3) is 0.421. The first-order valence-corrected chi connectivity index (χ1v) is 11.3. The number of nitrogens with one attached hydrogen (secondary N) is 2. The van der Waals surface area contributed by atoms with Gasteiger partial charge in [-0.05, 0) is 12.1 Å². The number of carbonyl (C=O) groups is 5. The Labute approximate surface area is 209 Å². The molecule has 36 heavy (non-hydrogen) atoms. The summed E-state index contributed by atoms with van der Waals surface area (Å²) in [6.07, 6.45) is -5.32. The fourth-order valence-electron chi connectivity index (χ4n) is 2.69. The maximum atomic E-state index is 12.6. The molecule has 0 spiro atoms. The largest absolute Gasteiger partial charge is 0.506 e. The fourth-order valence-corrected chi connectivity index (χ4v) is 3.95. The van der Waals surface area contributed by atoms with Crippen molar-refractivity contribution >= 4 is 53.1 Å². The van der Waals surface area contributed by atoms with Gasteiger partial charge in [0.25, 0.3) is 0 Å². The third-order valence-electron chi connectivity index (χ3n) is 4.58. The van der Waals surface area contributed by atoms with Gasteiger partial charge in [0.1, 0.15) is 37.1 Å². The number of phenols is 1. The van der Waals surface area contributed by atoms with Crippen LogP contribution in [0.5, 0.6) is 5.75 Å². The van der Waals surface area contributed by atoms with Gasteiger partial charge in [0.2, 0.25) is 11.8 Å². The average molecular weight is 558 g/mol. The molecule has 1 aliphatic heterocycles. The number of benzene rings is 1. The lowest BCUT2D eigenvalue weighted by Crippen LogP contribution is -2.57. The zero-order valence-electron chi connectivity index (χ0n) is 18.0. The SMILES string of the molecule is N[C@@H](COC(=O)C(F)(F)F)C(=O)N[C@H]1COC(=O)c2ccc(Cl)c(O)c2CSC[C@@H](C(=O)O)NC1=O. The van der Waals surface area contributed by atoms with Crippen LogP contribution >= 0.6 is 23.4 Å². The Bertz CT molecular complexity index is 1060. The summed E-state index contributed by atoms with van der Waals surface area (Å²) in [5, 5.41) is 23.7. The summed E-state index contributed by atoms with van der Waals surface area (Å²) in [6.45, 7) is -2.05. The van der Waals surface area contributed by atoms with E-state index in [2.05, 4.69) is 10.1 Å². The molecule has 3 atom stereocenters. The molecule has 6 N–H and O–H groups in total. The topological polar surface area (TPSA) is 194 Å². The number of hydrogen-bond acceptors (Lipinski definition) is 10. The lowest BCUT2D eigenvalue weighted by molar-refractivity contribution is -0.200. The molecule has 1 aromatic rings. The zero-order valence-corrected chi connectivity index (χ0v) is 19.5. The van der Waals surface area contributed by atoms with Gasteiger partial charge in [-0.1, -0.05) is 11.6 Å². The minimum atomic E-state index is -5.32. The molecular weight excluding hydrogens is 539 g/mol. The summed E-state index contributed by atoms with van der Waals surface area (Å²) < 4.78 is 45.7. The van der Waals surface area contributed by atoms with Crippen LogP contribution in [0, 0.1) is 0 Å². The van der Waals surface area contributed by atoms with Crippen molar-refractivity contribution in [1.29, 1.82) is 0 Å². The highest BCUT2D eigenvalue weighted by molar-refractivity contribution is 7.98. The second-order valence-corrected chi connectivity index (χ2v) is 8.64. The van der Waals surface area contributed by atoms with Crippen LogP contribution in [0.1, 0.15) is 15.9 Å². The number of carbonyl (C=O) groups excluding carboxylic acids is 4. The minimum absolute atomic E-state index is 0.0441. The van der Waals surface area contributed by atoms with E-state index in [4.69, 9.17) is 22.1 Å². The van der Waals surface area contributed by atoms with Crippen LogP contribution in [0.3, 0.4) is 0 Å². The number of amides is 2. The molecular formula is C19H19ClF3N3O9S. The Kier molecular flexibility index (Phi) is 9.77. The Morgan fingerprint density at radius 1 is 1.33 bits per heavy atom. The number of rotatable bonds is 5. The minimum Gasteiger partial charge on any atom is -0.506 e. The number of halogens is 4. The van der Waals surface area contributed by atoms with Crippen LogP contribution in [-0.2, 0) is 34.4 Å². The number of alkyl halides is 3. The van der Waals surface area contributed by atoms with E-state index in [1.54, 1.807) is 0 Å². The van der Waals surface area contributed by atoms with Crippen molar-refractivity contribution in [2.24, 2.45) is 5.73 Å². The summed E-state index contributed by atoms with van der Waals surface area (Å²) in [6, 6.07) is -2.63. The summed E-state index contributed by atoms with van der Waals surface area (Å²) in [5.74, 6) is -8.16. The summed E-state index contributed by atoms with van der Waals surface area (Å²) in [4.78, 5) is 59.9. The molecule has 0 saturated heterocycles. The standard InChI is InChI=1S/C19H19ClF3N3O9S/c20-9-2-1-7-8(13(9)27)5-36-6-12(16(30)31)26-15(29)11(4-34-17(7)32)25-14(28)10(24)3-35-18(33)19(21,22)23/h1-2,10-12,27H,3-6,24H2,(H,25,28)(H,26,29)(H,30,31)/t10-,11-,12-/m0/s1. The molecule has 1 heterocycles. The second-order valence-electron chi connectivity index (χ2n) is 7.20. The lowest BCUT2D eigenvalue weighted by Gasteiger charge is -2.24. The Hall–Kier alpha value is -3.24. The summed E-state index contributed by atoms with van der Waals surface area (Å²) in [7, 11) is 0. The van der Waals surface area contributed by atoms with Crippen molar-refractivity contribution in [2.75, 3.05) is 19.0 Å². The number of carboxylic acids is 1. The molecule has 0 radical (unpaired) electrons. The Morgan fingerprint density at radius 3 is 2.61 bits per heavy atom. The highest BCUT2D eigenvalue weighted by Gasteiger charge is 2.41. The number of carboxylic acid groups (broad SMARTS) is 1. The highest BCUT2D eigenvalue weighted by atomic mass is 35.5. The van der Waals surface area contributed by atoms with E-state index in [-0.39, 0.29) is 27.7 Å². The van der Waals surface area contributed by atoms with Gasteiger partial charge in [-0.3, -0.25) is 9.59 Å². The third kappa shape index (κ3) is 7.63. The van der Waals surface area contributed by atoms with Crippen molar-refractivity contribution in [3.8, 4) is 5.75 Å². The molecule has 0 aliphatic carbocycles. The molecule has 2 amide bonds. The molecule has 12 nitrogen and oxygen atoms in total. The third-order valence-corrected chi connectivity index (χ3v) is 5.94. The Balaban J connectivity index is 2.24. The first kappa shape index (κ1) is 29.0. The maximum absolute atomic E-state index is 12.6. The number of aromatic hydroxyl groups is 1. The maximum Gasteiger partial charge on any atom is 0.490 e. The van der Waals surface area contributed by atoms with E-state index in [1.807, 2.05) is 5.32 Å². The first-order valence-electron chi connectivity index (χ1n) is 9.80. The van der Waals surface area contributed by atoms with Crippen LogP contribution in [0.2, 0.25) is 5.02 Å². The quantitative estimate of drug-likeness (QED) is 0.304. The predicted octanol–water partition coefficient (Wildman–Crippen LogP) is -0.0638. The summed E-state index contributed by atoms with van der Waals surface area (Å²) >= 11 is 6.82. The number of esters is 2. The molecule has 0 aromatic heterocycles. The molecule has 0 bridgehead atoms. The van der Waals surface area contributed by atoms with E-state index >= 15 is 0 Å². The van der Waals surface area contributed by atoms with Crippen molar-refractivity contribution < 1.29 is 56.8 Å². The molecule has 2 rings (SSSR count). The number of ether oxygens (including phenoxy) is 2. The van der Waals surface area contributed by atoms with E-state index in [0.717, 1.165) is 11.8 Å². The van der Waals surface area contributed by atoms with Crippen molar-refractivity contribution in [1.82, 2.24) is 10.6 Å². The summed E-state index contributed by atoms with van der Waals surface area (Å²) in [5.41, 5.74) is 5.31. The normalized spacial score (nSPS) is 19.9. The number of nitrogens with two attached hydrogens (primary N) is 1. The van der Waals surface area contributed by atoms with Crippen LogP contribution < -0.4 is 16.4 Å². The Morgan fingerprint density at radius 2 is 2.00 bits per heavy atom. The van der Waals surface area contributed by atoms with Gasteiger partial charge >= 0.3 is 24.1 Å². The van der Waals surface area contributed by atoms with Gasteiger partial charge in [-0.25, -0.2) is 14.4 Å². The van der Waals surface area contributed by atoms with E-state index in [1.165, 1.54) is 12.1 Å². The van der Waals surface area contributed by atoms with Crippen molar-refractivity contribution in [3.05, 3.63) is 28.3 Å². The number of aliphatic carboxylic acids is 1. The van der Waals surface area contributed by atoms with Crippen LogP contribution in [-0.4, -0.2) is 83.2 Å². The van der Waals surface area contributed by atoms with E-state index < -0.39 is 73.0 Å². The predicted molar refractivity (Wildman–Crippen MR) is 116 cm³/mol.